The van der Waals surface area contributed by atoms with Gasteiger partial charge in [-0.15, -0.1) is 5.10 Å². The quantitative estimate of drug-likeness (QED) is 0.538. The van der Waals surface area contributed by atoms with Crippen molar-refractivity contribution < 1.29 is 0 Å². The van der Waals surface area contributed by atoms with Gasteiger partial charge in [0.25, 0.3) is 0 Å². The molecule has 4 nitrogen and oxygen atoms in total. The third-order valence-corrected chi connectivity index (χ3v) is 4.45. The van der Waals surface area contributed by atoms with E-state index >= 15 is 0 Å². The van der Waals surface area contributed by atoms with Gasteiger partial charge in [0.2, 0.25) is 0 Å². The van der Waals surface area contributed by atoms with Gasteiger partial charge in [-0.25, -0.2) is 0 Å². The lowest BCUT2D eigenvalue weighted by atomic mass is 10.1. The highest BCUT2D eigenvalue weighted by Gasteiger charge is 2.08. The summed E-state index contributed by atoms with van der Waals surface area (Å²) in [5.74, 6) is 0. The molecule has 0 saturated heterocycles. The maximum atomic E-state index is 4.23. The number of nitrogens with one attached hydrogen (secondary N) is 2. The lowest BCUT2D eigenvalue weighted by molar-refractivity contribution is 0.553. The fraction of sp³-hybridized carbons (Fsp3) is 0.600. The number of aromatic nitrogens is 3. The van der Waals surface area contributed by atoms with Gasteiger partial charge in [0, 0.05) is 12.1 Å². The van der Waals surface area contributed by atoms with E-state index in [1.165, 1.54) is 56.9 Å². The number of benzene rings is 1. The highest BCUT2D eigenvalue weighted by Crippen LogP contribution is 2.19. The van der Waals surface area contributed by atoms with E-state index in [0.717, 1.165) is 30.0 Å². The number of aromatic amines is 1. The van der Waals surface area contributed by atoms with Gasteiger partial charge in [0.1, 0.15) is 5.69 Å². The topological polar surface area (TPSA) is 53.6 Å². The second kappa shape index (κ2) is 11.0. The maximum absolute atomic E-state index is 4.23. The van der Waals surface area contributed by atoms with Crippen LogP contribution in [0.5, 0.6) is 0 Å². The fourth-order valence-corrected chi connectivity index (χ4v) is 2.91. The summed E-state index contributed by atoms with van der Waals surface area (Å²) >= 11 is 0. The van der Waals surface area contributed by atoms with Gasteiger partial charge in [-0.05, 0) is 19.9 Å². The Balaban J connectivity index is 1.62. The van der Waals surface area contributed by atoms with Gasteiger partial charge >= 0.3 is 0 Å². The van der Waals surface area contributed by atoms with E-state index in [9.17, 15) is 0 Å². The predicted molar refractivity (Wildman–Crippen MR) is 101 cm³/mol. The third kappa shape index (κ3) is 6.44. The van der Waals surface area contributed by atoms with Crippen molar-refractivity contribution in [3.8, 4) is 11.3 Å². The van der Waals surface area contributed by atoms with Crippen molar-refractivity contribution in [2.75, 3.05) is 6.54 Å². The van der Waals surface area contributed by atoms with E-state index in [2.05, 4.69) is 58.8 Å². The number of nitrogens with zero attached hydrogens (tertiary/aromatic N) is 2. The molecule has 0 aliphatic heterocycles. The Morgan fingerprint density at radius 1 is 0.917 bits per heavy atom. The van der Waals surface area contributed by atoms with Gasteiger partial charge in [0.05, 0.1) is 5.69 Å². The minimum Gasteiger partial charge on any atom is -0.311 e. The summed E-state index contributed by atoms with van der Waals surface area (Å²) in [6.07, 6.45) is 10.9. The molecule has 2 rings (SSSR count). The highest BCUT2D eigenvalue weighted by atomic mass is 15.3. The molecule has 0 aliphatic rings. The molecule has 0 unspecified atom stereocenters. The molecule has 1 aromatic carbocycles. The first kappa shape index (κ1) is 18.7. The Labute approximate surface area is 146 Å². The molecule has 132 valence electrons. The SMILES string of the molecule is CCCCCCCCCCNCc1[nH]nnc1-c1ccc(C)cc1. The smallest absolute Gasteiger partial charge is 0.117 e. The molecule has 0 aliphatic carbocycles. The average Bonchev–Trinajstić information content (AvgIpc) is 3.06. The molecule has 1 heterocycles. The van der Waals surface area contributed by atoms with E-state index in [-0.39, 0.29) is 0 Å². The maximum Gasteiger partial charge on any atom is 0.117 e. The molecule has 0 atom stereocenters. The minimum absolute atomic E-state index is 0.798. The molecule has 2 aromatic rings. The molecule has 0 fully saturated rings. The van der Waals surface area contributed by atoms with Crippen molar-refractivity contribution >= 4 is 0 Å². The van der Waals surface area contributed by atoms with Crippen LogP contribution in [0.3, 0.4) is 0 Å². The molecule has 4 heteroatoms. The Morgan fingerprint density at radius 3 is 2.29 bits per heavy atom. The number of hydrogen-bond donors (Lipinski definition) is 2. The summed E-state index contributed by atoms with van der Waals surface area (Å²) in [5.41, 5.74) is 4.41. The standard InChI is InChI=1S/C20H32N4/c1-3-4-5-6-7-8-9-10-15-21-16-19-20(23-24-22-19)18-13-11-17(2)12-14-18/h11-14,21H,3-10,15-16H2,1-2H3,(H,22,23,24). The average molecular weight is 329 g/mol. The molecule has 0 bridgehead atoms. The van der Waals surface area contributed by atoms with Crippen molar-refractivity contribution in [1.82, 2.24) is 20.7 Å². The lowest BCUT2D eigenvalue weighted by Crippen LogP contribution is -2.15. The van der Waals surface area contributed by atoms with Crippen LogP contribution in [-0.2, 0) is 6.54 Å². The monoisotopic (exact) mass is 328 g/mol. The number of unbranched alkanes of at least 4 members (excludes halogenated alkanes) is 7. The van der Waals surface area contributed by atoms with Crippen LogP contribution in [0.25, 0.3) is 11.3 Å². The first-order valence-electron chi connectivity index (χ1n) is 9.49. The van der Waals surface area contributed by atoms with E-state index in [1.54, 1.807) is 0 Å². The van der Waals surface area contributed by atoms with Crippen LogP contribution in [0.4, 0.5) is 0 Å². The van der Waals surface area contributed by atoms with Crippen LogP contribution in [0.15, 0.2) is 24.3 Å². The van der Waals surface area contributed by atoms with Crippen molar-refractivity contribution in [2.24, 2.45) is 0 Å². The molecule has 2 N–H and O–H groups in total. The second-order valence-corrected chi connectivity index (χ2v) is 6.66. The zero-order valence-corrected chi connectivity index (χ0v) is 15.3. The van der Waals surface area contributed by atoms with Crippen molar-refractivity contribution in [3.05, 3.63) is 35.5 Å². The van der Waals surface area contributed by atoms with Gasteiger partial charge < -0.3 is 5.32 Å². The van der Waals surface area contributed by atoms with Crippen LogP contribution in [0.1, 0.15) is 69.5 Å². The summed E-state index contributed by atoms with van der Waals surface area (Å²) in [6.45, 7) is 6.22. The van der Waals surface area contributed by atoms with Gasteiger partial charge in [-0.2, -0.15) is 0 Å². The second-order valence-electron chi connectivity index (χ2n) is 6.66. The summed E-state index contributed by atoms with van der Waals surface area (Å²) in [6, 6.07) is 8.44. The highest BCUT2D eigenvalue weighted by molar-refractivity contribution is 5.61. The lowest BCUT2D eigenvalue weighted by Gasteiger charge is -2.05. The summed E-state index contributed by atoms with van der Waals surface area (Å²) in [4.78, 5) is 0. The first-order chi connectivity index (χ1) is 11.8. The largest absolute Gasteiger partial charge is 0.311 e. The number of hydrogen-bond acceptors (Lipinski definition) is 3. The molecular formula is C20H32N4. The molecule has 1 aromatic heterocycles. The summed E-state index contributed by atoms with van der Waals surface area (Å²) in [7, 11) is 0. The number of rotatable bonds is 12. The van der Waals surface area contributed by atoms with Crippen molar-refractivity contribution in [1.29, 1.82) is 0 Å². The minimum atomic E-state index is 0.798. The van der Waals surface area contributed by atoms with Crippen molar-refractivity contribution in [3.63, 3.8) is 0 Å². The Hall–Kier alpha value is -1.68. The van der Waals surface area contributed by atoms with E-state index in [4.69, 9.17) is 0 Å². The molecule has 0 amide bonds. The van der Waals surface area contributed by atoms with Crippen LogP contribution in [-0.4, -0.2) is 22.0 Å². The predicted octanol–water partition coefficient (Wildman–Crippen LogP) is 5.01. The van der Waals surface area contributed by atoms with Crippen molar-refractivity contribution in [2.45, 2.75) is 71.8 Å². The first-order valence-corrected chi connectivity index (χ1v) is 9.49. The Kier molecular flexibility index (Phi) is 8.53. The van der Waals surface area contributed by atoms with Crippen LogP contribution < -0.4 is 5.32 Å². The Morgan fingerprint density at radius 2 is 1.58 bits per heavy atom. The molecule has 24 heavy (non-hydrogen) atoms. The van der Waals surface area contributed by atoms with Gasteiger partial charge in [-0.1, -0.05) is 86.9 Å². The van der Waals surface area contributed by atoms with E-state index in [0.29, 0.717) is 0 Å². The summed E-state index contributed by atoms with van der Waals surface area (Å²) < 4.78 is 0. The zero-order chi connectivity index (χ0) is 17.0. The van der Waals surface area contributed by atoms with Crippen LogP contribution in [0.2, 0.25) is 0 Å². The van der Waals surface area contributed by atoms with E-state index in [1.807, 2.05) is 0 Å². The Bertz CT molecular complexity index is 559. The number of aryl methyl sites for hydroxylation is 1. The van der Waals surface area contributed by atoms with Gasteiger partial charge in [0.15, 0.2) is 0 Å². The van der Waals surface area contributed by atoms with Crippen LogP contribution >= 0.6 is 0 Å². The van der Waals surface area contributed by atoms with Gasteiger partial charge in [-0.3, -0.25) is 5.10 Å². The number of H-pyrrole nitrogens is 1. The third-order valence-electron chi connectivity index (χ3n) is 4.45. The molecule has 0 radical (unpaired) electrons. The van der Waals surface area contributed by atoms with E-state index < -0.39 is 0 Å². The normalized spacial score (nSPS) is 11.1. The zero-order valence-electron chi connectivity index (χ0n) is 15.3. The summed E-state index contributed by atoms with van der Waals surface area (Å²) in [5, 5.41) is 14.7. The molecule has 0 saturated carbocycles. The molecule has 0 spiro atoms. The fourth-order valence-electron chi connectivity index (χ4n) is 2.91. The molecular weight excluding hydrogens is 296 g/mol. The van der Waals surface area contributed by atoms with Crippen LogP contribution in [0, 0.1) is 6.92 Å².